The zero-order valence-electron chi connectivity index (χ0n) is 9.92. The van der Waals surface area contributed by atoms with Crippen molar-refractivity contribution in [2.75, 3.05) is 11.9 Å². The third-order valence-corrected chi connectivity index (χ3v) is 3.39. The van der Waals surface area contributed by atoms with E-state index in [0.29, 0.717) is 5.88 Å². The van der Waals surface area contributed by atoms with Gasteiger partial charge < -0.3 is 4.90 Å². The van der Waals surface area contributed by atoms with E-state index < -0.39 is 0 Å². The van der Waals surface area contributed by atoms with Gasteiger partial charge in [0.15, 0.2) is 0 Å². The molecular formula is C12H19ClN2. The zero-order valence-corrected chi connectivity index (χ0v) is 10.7. The van der Waals surface area contributed by atoms with Crippen molar-refractivity contribution in [1.82, 2.24) is 4.98 Å². The van der Waals surface area contributed by atoms with Gasteiger partial charge in [-0.2, -0.15) is 0 Å². The third-order valence-electron chi connectivity index (χ3n) is 3.08. The van der Waals surface area contributed by atoms with Crippen LogP contribution in [0.15, 0.2) is 18.3 Å². The molecule has 0 spiro atoms. The number of pyridine rings is 1. The van der Waals surface area contributed by atoms with Crippen molar-refractivity contribution in [1.29, 1.82) is 0 Å². The van der Waals surface area contributed by atoms with Crippen LogP contribution in [0.3, 0.4) is 0 Å². The number of nitrogens with zero attached hydrogens (tertiary/aromatic N) is 2. The highest BCUT2D eigenvalue weighted by Crippen LogP contribution is 2.23. The molecule has 0 N–H and O–H groups in total. The van der Waals surface area contributed by atoms with Gasteiger partial charge >= 0.3 is 0 Å². The summed E-state index contributed by atoms with van der Waals surface area (Å²) in [7, 11) is 2.07. The van der Waals surface area contributed by atoms with Gasteiger partial charge in [-0.15, -0.1) is 11.6 Å². The number of hydrogen-bond donors (Lipinski definition) is 0. The third kappa shape index (κ3) is 2.85. The smallest absolute Gasteiger partial charge is 0.128 e. The van der Waals surface area contributed by atoms with E-state index in [9.17, 15) is 0 Å². The second kappa shape index (κ2) is 4.84. The maximum Gasteiger partial charge on any atom is 0.128 e. The fourth-order valence-corrected chi connectivity index (χ4v) is 1.44. The first-order valence-corrected chi connectivity index (χ1v) is 5.79. The molecule has 0 fully saturated rings. The lowest BCUT2D eigenvalue weighted by Gasteiger charge is -2.35. The lowest BCUT2D eigenvalue weighted by atomic mass is 10.00. The molecule has 0 aliphatic carbocycles. The van der Waals surface area contributed by atoms with Crippen LogP contribution in [0, 0.1) is 0 Å². The van der Waals surface area contributed by atoms with Gasteiger partial charge in [0.1, 0.15) is 5.82 Å². The first-order valence-electron chi connectivity index (χ1n) is 5.26. The van der Waals surface area contributed by atoms with Crippen LogP contribution in [0.5, 0.6) is 0 Å². The summed E-state index contributed by atoms with van der Waals surface area (Å²) < 4.78 is 0. The molecule has 3 heteroatoms. The van der Waals surface area contributed by atoms with Crippen molar-refractivity contribution in [3.8, 4) is 0 Å². The maximum atomic E-state index is 5.81. The van der Waals surface area contributed by atoms with Gasteiger partial charge in [0.2, 0.25) is 0 Å². The van der Waals surface area contributed by atoms with E-state index in [1.54, 1.807) is 0 Å². The van der Waals surface area contributed by atoms with Gasteiger partial charge in [-0.3, -0.25) is 0 Å². The number of alkyl halides is 1. The molecule has 0 amide bonds. The maximum absolute atomic E-state index is 5.81. The molecule has 2 nitrogen and oxygen atoms in total. The first kappa shape index (κ1) is 12.3. The second-order valence-electron chi connectivity index (χ2n) is 4.38. The molecule has 1 aromatic heterocycles. The van der Waals surface area contributed by atoms with E-state index in [2.05, 4.69) is 37.7 Å². The van der Waals surface area contributed by atoms with Crippen LogP contribution >= 0.6 is 11.6 Å². The molecule has 84 valence electrons. The fourth-order valence-electron chi connectivity index (χ4n) is 1.27. The lowest BCUT2D eigenvalue weighted by Crippen LogP contribution is -2.41. The van der Waals surface area contributed by atoms with Crippen molar-refractivity contribution in [3.05, 3.63) is 23.9 Å². The van der Waals surface area contributed by atoms with E-state index in [4.69, 9.17) is 11.6 Å². The molecule has 0 saturated carbocycles. The Morgan fingerprint density at radius 2 is 2.13 bits per heavy atom. The zero-order chi connectivity index (χ0) is 11.5. The van der Waals surface area contributed by atoms with Gasteiger partial charge in [-0.1, -0.05) is 6.92 Å². The first-order chi connectivity index (χ1) is 7.01. The minimum Gasteiger partial charge on any atom is -0.355 e. The van der Waals surface area contributed by atoms with Crippen molar-refractivity contribution in [2.45, 2.75) is 38.6 Å². The van der Waals surface area contributed by atoms with Crippen LogP contribution in [0.25, 0.3) is 0 Å². The quantitative estimate of drug-likeness (QED) is 0.732. The van der Waals surface area contributed by atoms with Crippen LogP contribution in [0.4, 0.5) is 5.82 Å². The lowest BCUT2D eigenvalue weighted by molar-refractivity contribution is 0.467. The van der Waals surface area contributed by atoms with E-state index in [0.717, 1.165) is 17.8 Å². The number of aromatic nitrogens is 1. The summed E-state index contributed by atoms with van der Waals surface area (Å²) >= 11 is 5.81. The minimum atomic E-state index is 0.123. The summed E-state index contributed by atoms with van der Waals surface area (Å²) in [6, 6.07) is 3.99. The van der Waals surface area contributed by atoms with Gasteiger partial charge in [0.05, 0.1) is 0 Å². The van der Waals surface area contributed by atoms with E-state index in [-0.39, 0.29) is 5.54 Å². The van der Waals surface area contributed by atoms with Crippen molar-refractivity contribution in [3.63, 3.8) is 0 Å². The Kier molecular flexibility index (Phi) is 3.97. The second-order valence-corrected chi connectivity index (χ2v) is 4.65. The average molecular weight is 227 g/mol. The van der Waals surface area contributed by atoms with Crippen molar-refractivity contribution < 1.29 is 0 Å². The molecule has 0 unspecified atom stereocenters. The van der Waals surface area contributed by atoms with Crippen LogP contribution in [0.2, 0.25) is 0 Å². The average Bonchev–Trinajstić information content (AvgIpc) is 2.28. The topological polar surface area (TPSA) is 16.1 Å². The number of rotatable bonds is 4. The molecule has 0 aliphatic rings. The summed E-state index contributed by atoms with van der Waals surface area (Å²) in [4.78, 5) is 6.57. The van der Waals surface area contributed by atoms with E-state index in [1.807, 2.05) is 18.3 Å². The molecule has 0 bridgehead atoms. The van der Waals surface area contributed by atoms with Gasteiger partial charge in [0, 0.05) is 24.7 Å². The molecule has 0 atom stereocenters. The van der Waals surface area contributed by atoms with Crippen LogP contribution < -0.4 is 4.90 Å². The number of anilines is 1. The molecule has 0 saturated heterocycles. The molecule has 1 heterocycles. The van der Waals surface area contributed by atoms with Crippen LogP contribution in [0.1, 0.15) is 32.8 Å². The minimum absolute atomic E-state index is 0.123. The van der Waals surface area contributed by atoms with Gasteiger partial charge in [0.25, 0.3) is 0 Å². The van der Waals surface area contributed by atoms with Crippen LogP contribution in [-0.2, 0) is 5.88 Å². The summed E-state index contributed by atoms with van der Waals surface area (Å²) in [6.45, 7) is 6.60. The summed E-state index contributed by atoms with van der Waals surface area (Å²) in [6.07, 6.45) is 2.89. The summed E-state index contributed by atoms with van der Waals surface area (Å²) in [5.41, 5.74) is 1.23. The molecule has 0 radical (unpaired) electrons. The summed E-state index contributed by atoms with van der Waals surface area (Å²) in [5, 5.41) is 0. The monoisotopic (exact) mass is 226 g/mol. The van der Waals surface area contributed by atoms with E-state index in [1.165, 1.54) is 0 Å². The van der Waals surface area contributed by atoms with Crippen molar-refractivity contribution >= 4 is 17.4 Å². The Bertz CT molecular complexity index is 323. The fraction of sp³-hybridized carbons (Fsp3) is 0.583. The highest BCUT2D eigenvalue weighted by molar-refractivity contribution is 6.17. The molecule has 1 aromatic rings. The number of hydrogen-bond acceptors (Lipinski definition) is 2. The molecule has 0 aromatic carbocycles. The molecule has 1 rings (SSSR count). The Morgan fingerprint density at radius 1 is 1.47 bits per heavy atom. The highest BCUT2D eigenvalue weighted by atomic mass is 35.5. The largest absolute Gasteiger partial charge is 0.355 e. The van der Waals surface area contributed by atoms with Gasteiger partial charge in [-0.05, 0) is 38.0 Å². The normalized spacial score (nSPS) is 11.5. The molecular weight excluding hydrogens is 208 g/mol. The molecule has 15 heavy (non-hydrogen) atoms. The Hall–Kier alpha value is -0.760. The SMILES string of the molecule is CCC(C)(C)N(C)c1cc(CCl)ccn1. The van der Waals surface area contributed by atoms with Crippen LogP contribution in [-0.4, -0.2) is 17.6 Å². The Morgan fingerprint density at radius 3 is 2.67 bits per heavy atom. The summed E-state index contributed by atoms with van der Waals surface area (Å²) in [5.74, 6) is 1.52. The van der Waals surface area contributed by atoms with Gasteiger partial charge in [-0.25, -0.2) is 4.98 Å². The number of halogens is 1. The van der Waals surface area contributed by atoms with E-state index >= 15 is 0 Å². The van der Waals surface area contributed by atoms with Crippen molar-refractivity contribution in [2.24, 2.45) is 0 Å². The standard InChI is InChI=1S/C12H19ClN2/c1-5-12(2,3)15(4)11-8-10(9-13)6-7-14-11/h6-8H,5,9H2,1-4H3. The Balaban J connectivity index is 2.95. The Labute approximate surface area is 97.3 Å². The predicted octanol–water partition coefficient (Wildman–Crippen LogP) is 3.45. The molecule has 0 aliphatic heterocycles. The highest BCUT2D eigenvalue weighted by Gasteiger charge is 2.22. The predicted molar refractivity (Wildman–Crippen MR) is 66.6 cm³/mol.